The van der Waals surface area contributed by atoms with Gasteiger partial charge in [-0.1, -0.05) is 17.4 Å². The average Bonchev–Trinajstić information content (AvgIpc) is 3.04. The Kier molecular flexibility index (Phi) is 3.80. The fourth-order valence-corrected chi connectivity index (χ4v) is 3.33. The van der Waals surface area contributed by atoms with E-state index in [4.69, 9.17) is 4.74 Å². The van der Waals surface area contributed by atoms with Gasteiger partial charge in [0.05, 0.1) is 35.4 Å². The molecule has 0 aliphatic carbocycles. The van der Waals surface area contributed by atoms with E-state index in [-0.39, 0.29) is 0 Å². The van der Waals surface area contributed by atoms with E-state index in [2.05, 4.69) is 26.3 Å². The van der Waals surface area contributed by atoms with Gasteiger partial charge in [0.2, 0.25) is 0 Å². The molecule has 4 rings (SSSR count). The molecule has 1 aromatic carbocycles. The highest BCUT2D eigenvalue weighted by atomic mass is 32.1. The minimum atomic E-state index is 0.746. The zero-order chi connectivity index (χ0) is 16.4. The van der Waals surface area contributed by atoms with E-state index < -0.39 is 0 Å². The van der Waals surface area contributed by atoms with Crippen molar-refractivity contribution < 1.29 is 4.74 Å². The van der Waals surface area contributed by atoms with E-state index >= 15 is 0 Å². The van der Waals surface area contributed by atoms with E-state index in [1.807, 2.05) is 36.5 Å². The van der Waals surface area contributed by atoms with Crippen molar-refractivity contribution in [3.8, 4) is 16.9 Å². The molecular weight excluding hydrogens is 320 g/mol. The Bertz CT molecular complexity index is 985. The molecule has 6 heteroatoms. The lowest BCUT2D eigenvalue weighted by molar-refractivity contribution is 0.413. The van der Waals surface area contributed by atoms with Crippen LogP contribution in [0.25, 0.3) is 21.3 Å². The number of thiazole rings is 1. The molecule has 0 saturated carbocycles. The molecule has 118 valence electrons. The molecule has 0 amide bonds. The van der Waals surface area contributed by atoms with Gasteiger partial charge in [0.25, 0.3) is 0 Å². The van der Waals surface area contributed by atoms with Crippen molar-refractivity contribution in [3.63, 3.8) is 0 Å². The molecule has 3 heterocycles. The molecule has 0 saturated heterocycles. The fraction of sp³-hybridized carbons (Fsp3) is 0.0556. The van der Waals surface area contributed by atoms with Crippen LogP contribution in [0.5, 0.6) is 5.75 Å². The average molecular weight is 334 g/mol. The summed E-state index contributed by atoms with van der Waals surface area (Å²) in [7, 11) is 1.64. The number of hydrogen-bond acceptors (Lipinski definition) is 6. The largest absolute Gasteiger partial charge is 0.495 e. The number of nitrogens with one attached hydrogen (secondary N) is 1. The van der Waals surface area contributed by atoms with Crippen molar-refractivity contribution in [2.45, 2.75) is 0 Å². The van der Waals surface area contributed by atoms with Crippen molar-refractivity contribution in [2.24, 2.45) is 0 Å². The normalized spacial score (nSPS) is 10.7. The topological polar surface area (TPSA) is 59.9 Å². The van der Waals surface area contributed by atoms with E-state index in [9.17, 15) is 0 Å². The summed E-state index contributed by atoms with van der Waals surface area (Å²) in [5.41, 5.74) is 4.00. The zero-order valence-corrected chi connectivity index (χ0v) is 13.7. The Morgan fingerprint density at radius 3 is 2.79 bits per heavy atom. The van der Waals surface area contributed by atoms with Crippen LogP contribution in [0.2, 0.25) is 0 Å². The van der Waals surface area contributed by atoms with Gasteiger partial charge in [0.1, 0.15) is 5.75 Å². The lowest BCUT2D eigenvalue weighted by Crippen LogP contribution is -1.88. The third-order valence-electron chi connectivity index (χ3n) is 3.58. The maximum absolute atomic E-state index is 5.25. The Hall–Kier alpha value is -2.99. The van der Waals surface area contributed by atoms with Crippen LogP contribution in [0.3, 0.4) is 0 Å². The molecule has 0 unspecified atom stereocenters. The second-order valence-corrected chi connectivity index (χ2v) is 6.21. The van der Waals surface area contributed by atoms with Crippen molar-refractivity contribution >= 4 is 32.4 Å². The van der Waals surface area contributed by atoms with Crippen LogP contribution >= 0.6 is 11.3 Å². The van der Waals surface area contributed by atoms with Crippen LogP contribution in [0.15, 0.2) is 61.2 Å². The molecule has 0 fully saturated rings. The van der Waals surface area contributed by atoms with Gasteiger partial charge in [0.15, 0.2) is 5.13 Å². The molecule has 0 radical (unpaired) electrons. The standard InChI is InChI=1S/C18H14N4OS/c1-23-15-7-13(9-20-11-15)12-4-5-16-17(8-12)24-18(22-16)21-14-3-2-6-19-10-14/h2-11H,1H3,(H,21,22). The van der Waals surface area contributed by atoms with Crippen molar-refractivity contribution in [1.29, 1.82) is 0 Å². The van der Waals surface area contributed by atoms with Crippen LogP contribution in [0, 0.1) is 0 Å². The first-order valence-corrected chi connectivity index (χ1v) is 8.20. The molecule has 4 aromatic rings. The maximum Gasteiger partial charge on any atom is 0.188 e. The highest BCUT2D eigenvalue weighted by Gasteiger charge is 2.07. The summed E-state index contributed by atoms with van der Waals surface area (Å²) in [5.74, 6) is 0.746. The lowest BCUT2D eigenvalue weighted by Gasteiger charge is -2.03. The molecule has 24 heavy (non-hydrogen) atoms. The van der Waals surface area contributed by atoms with E-state index in [0.29, 0.717) is 0 Å². The summed E-state index contributed by atoms with van der Waals surface area (Å²) in [4.78, 5) is 12.9. The Morgan fingerprint density at radius 1 is 1.00 bits per heavy atom. The van der Waals surface area contributed by atoms with Crippen molar-refractivity contribution in [2.75, 3.05) is 12.4 Å². The number of nitrogens with zero attached hydrogens (tertiary/aromatic N) is 3. The summed E-state index contributed by atoms with van der Waals surface area (Å²) >= 11 is 1.61. The molecule has 5 nitrogen and oxygen atoms in total. The molecule has 0 spiro atoms. The van der Waals surface area contributed by atoms with E-state index in [0.717, 1.165) is 37.9 Å². The Morgan fingerprint density at radius 2 is 1.96 bits per heavy atom. The first-order valence-electron chi connectivity index (χ1n) is 7.39. The predicted molar refractivity (Wildman–Crippen MR) is 96.9 cm³/mol. The van der Waals surface area contributed by atoms with Crippen LogP contribution in [0.1, 0.15) is 0 Å². The van der Waals surface area contributed by atoms with Gasteiger partial charge in [-0.25, -0.2) is 4.98 Å². The predicted octanol–water partition coefficient (Wildman–Crippen LogP) is 4.51. The third-order valence-corrected chi connectivity index (χ3v) is 4.52. The molecule has 1 N–H and O–H groups in total. The minimum absolute atomic E-state index is 0.746. The smallest absolute Gasteiger partial charge is 0.188 e. The first kappa shape index (κ1) is 14.6. The van der Waals surface area contributed by atoms with Gasteiger partial charge in [-0.3, -0.25) is 9.97 Å². The Balaban J connectivity index is 1.68. The van der Waals surface area contributed by atoms with Crippen LogP contribution in [-0.2, 0) is 0 Å². The SMILES string of the molecule is COc1cncc(-c2ccc3nc(Nc4cccnc4)sc3c2)c1. The van der Waals surface area contributed by atoms with Gasteiger partial charge in [-0.05, 0) is 35.9 Å². The first-order chi connectivity index (χ1) is 11.8. The van der Waals surface area contributed by atoms with Gasteiger partial charge in [0, 0.05) is 18.0 Å². The minimum Gasteiger partial charge on any atom is -0.495 e. The number of fused-ring (bicyclic) bond motifs is 1. The zero-order valence-electron chi connectivity index (χ0n) is 12.9. The van der Waals surface area contributed by atoms with Gasteiger partial charge in [-0.2, -0.15) is 0 Å². The number of ether oxygens (including phenoxy) is 1. The number of pyridine rings is 2. The molecule has 0 atom stereocenters. The number of aromatic nitrogens is 3. The van der Waals surface area contributed by atoms with E-state index in [1.54, 1.807) is 37.0 Å². The number of rotatable bonds is 4. The van der Waals surface area contributed by atoms with Crippen molar-refractivity contribution in [1.82, 2.24) is 15.0 Å². The molecule has 0 bridgehead atoms. The van der Waals surface area contributed by atoms with Gasteiger partial charge in [-0.15, -0.1) is 0 Å². The summed E-state index contributed by atoms with van der Waals surface area (Å²) in [6.45, 7) is 0. The highest BCUT2D eigenvalue weighted by Crippen LogP contribution is 2.32. The summed E-state index contributed by atoms with van der Waals surface area (Å²) < 4.78 is 6.36. The molecule has 0 aliphatic rings. The van der Waals surface area contributed by atoms with Gasteiger partial charge >= 0.3 is 0 Å². The lowest BCUT2D eigenvalue weighted by atomic mass is 10.1. The van der Waals surface area contributed by atoms with Crippen LogP contribution < -0.4 is 10.1 Å². The molecule has 3 aromatic heterocycles. The summed E-state index contributed by atoms with van der Waals surface area (Å²) in [5, 5.41) is 4.13. The third kappa shape index (κ3) is 2.91. The maximum atomic E-state index is 5.25. The van der Waals surface area contributed by atoms with Crippen LogP contribution in [0.4, 0.5) is 10.8 Å². The van der Waals surface area contributed by atoms with Gasteiger partial charge < -0.3 is 10.1 Å². The second kappa shape index (κ2) is 6.25. The fourth-order valence-electron chi connectivity index (χ4n) is 2.41. The van der Waals surface area contributed by atoms with Crippen molar-refractivity contribution in [3.05, 3.63) is 61.2 Å². The summed E-state index contributed by atoms with van der Waals surface area (Å²) in [6, 6.07) is 12.0. The molecule has 0 aliphatic heterocycles. The molecular formula is C18H14N4OS. The monoisotopic (exact) mass is 334 g/mol. The Labute approximate surface area is 143 Å². The quantitative estimate of drug-likeness (QED) is 0.595. The number of methoxy groups -OCH3 is 1. The number of anilines is 2. The van der Waals surface area contributed by atoms with Crippen LogP contribution in [-0.4, -0.2) is 22.1 Å². The second-order valence-electron chi connectivity index (χ2n) is 5.18. The number of hydrogen-bond donors (Lipinski definition) is 1. The van der Waals surface area contributed by atoms with E-state index in [1.165, 1.54) is 0 Å². The highest BCUT2D eigenvalue weighted by molar-refractivity contribution is 7.22. The number of benzene rings is 1. The summed E-state index contributed by atoms with van der Waals surface area (Å²) in [6.07, 6.45) is 7.06.